The van der Waals surface area contributed by atoms with Gasteiger partial charge in [-0.05, 0) is 75.2 Å². The minimum atomic E-state index is -0.759. The Kier molecular flexibility index (Phi) is 6.12. The van der Waals surface area contributed by atoms with Gasteiger partial charge in [-0.2, -0.15) is 5.10 Å². The zero-order chi connectivity index (χ0) is 21.0. The van der Waals surface area contributed by atoms with Gasteiger partial charge in [0.05, 0.1) is 12.3 Å². The summed E-state index contributed by atoms with van der Waals surface area (Å²) in [6, 6.07) is 15.6. The van der Waals surface area contributed by atoms with Gasteiger partial charge in [-0.3, -0.25) is 9.59 Å². The lowest BCUT2D eigenvalue weighted by atomic mass is 10.1. The summed E-state index contributed by atoms with van der Waals surface area (Å²) in [5, 5.41) is 7.33. The van der Waals surface area contributed by atoms with Crippen molar-refractivity contribution < 1.29 is 9.53 Å². The number of rotatable bonds is 6. The number of hydrogen-bond donors (Lipinski definition) is 1. The number of carbonyl (C=O) groups excluding carboxylic acids is 1. The highest BCUT2D eigenvalue weighted by atomic mass is 16.5. The first kappa shape index (κ1) is 20.3. The van der Waals surface area contributed by atoms with E-state index >= 15 is 0 Å². The quantitative estimate of drug-likeness (QED) is 0.686. The smallest absolute Gasteiger partial charge is 0.267 e. The molecule has 6 heteroatoms. The molecule has 3 rings (SSSR count). The van der Waals surface area contributed by atoms with Crippen LogP contribution in [0.5, 0.6) is 5.75 Å². The third-order valence-corrected chi connectivity index (χ3v) is 4.68. The maximum atomic E-state index is 12.8. The van der Waals surface area contributed by atoms with Gasteiger partial charge in [-0.1, -0.05) is 12.1 Å². The largest absolute Gasteiger partial charge is 0.494 e. The summed E-state index contributed by atoms with van der Waals surface area (Å²) in [4.78, 5) is 25.1. The fourth-order valence-corrected chi connectivity index (χ4v) is 2.96. The summed E-state index contributed by atoms with van der Waals surface area (Å²) in [6.07, 6.45) is 0. The Bertz CT molecular complexity index is 1070. The van der Waals surface area contributed by atoms with Crippen molar-refractivity contribution in [3.63, 3.8) is 0 Å². The minimum absolute atomic E-state index is 0.294. The number of nitrogens with zero attached hydrogens (tertiary/aromatic N) is 2. The van der Waals surface area contributed by atoms with Crippen LogP contribution in [-0.2, 0) is 4.79 Å². The summed E-state index contributed by atoms with van der Waals surface area (Å²) in [6.45, 7) is 8.07. The molecule has 0 bridgehead atoms. The number of benzene rings is 2. The second-order valence-electron chi connectivity index (χ2n) is 6.94. The molecule has 150 valence electrons. The molecule has 29 heavy (non-hydrogen) atoms. The van der Waals surface area contributed by atoms with Gasteiger partial charge in [0.1, 0.15) is 11.8 Å². The van der Waals surface area contributed by atoms with Crippen LogP contribution >= 0.6 is 0 Å². The molecule has 2 aromatic carbocycles. The van der Waals surface area contributed by atoms with Crippen LogP contribution in [0.4, 0.5) is 5.69 Å². The van der Waals surface area contributed by atoms with Gasteiger partial charge in [0.25, 0.3) is 5.56 Å². The van der Waals surface area contributed by atoms with Crippen molar-refractivity contribution in [2.45, 2.75) is 33.7 Å². The lowest BCUT2D eigenvalue weighted by Crippen LogP contribution is -2.33. The van der Waals surface area contributed by atoms with Crippen molar-refractivity contribution >= 4 is 11.6 Å². The molecule has 0 fully saturated rings. The van der Waals surface area contributed by atoms with Gasteiger partial charge >= 0.3 is 0 Å². The summed E-state index contributed by atoms with van der Waals surface area (Å²) < 4.78 is 6.67. The molecule has 1 heterocycles. The Labute approximate surface area is 170 Å². The third-order valence-electron chi connectivity index (χ3n) is 4.68. The molecule has 0 aliphatic carbocycles. The van der Waals surface area contributed by atoms with E-state index in [-0.39, 0.29) is 11.5 Å². The second-order valence-corrected chi connectivity index (χ2v) is 6.94. The Morgan fingerprint density at radius 1 is 1.10 bits per heavy atom. The van der Waals surface area contributed by atoms with Gasteiger partial charge in [0.15, 0.2) is 0 Å². The number of carbonyl (C=O) groups is 1. The average molecular weight is 391 g/mol. The Balaban J connectivity index is 1.85. The van der Waals surface area contributed by atoms with E-state index in [1.165, 1.54) is 10.7 Å². The van der Waals surface area contributed by atoms with Gasteiger partial charge in [0.2, 0.25) is 5.91 Å². The molecule has 0 radical (unpaired) electrons. The summed E-state index contributed by atoms with van der Waals surface area (Å²) in [5.41, 5.74) is 3.86. The van der Waals surface area contributed by atoms with Crippen LogP contribution < -0.4 is 15.6 Å². The number of hydrogen-bond acceptors (Lipinski definition) is 4. The normalized spacial score (nSPS) is 11.7. The van der Waals surface area contributed by atoms with E-state index < -0.39 is 6.04 Å². The predicted molar refractivity (Wildman–Crippen MR) is 114 cm³/mol. The lowest BCUT2D eigenvalue weighted by Gasteiger charge is -2.16. The number of nitrogens with one attached hydrogen (secondary N) is 1. The average Bonchev–Trinajstić information content (AvgIpc) is 2.71. The van der Waals surface area contributed by atoms with E-state index in [1.807, 2.05) is 63.2 Å². The summed E-state index contributed by atoms with van der Waals surface area (Å²) >= 11 is 0. The van der Waals surface area contributed by atoms with E-state index in [1.54, 1.807) is 13.0 Å². The molecule has 0 spiro atoms. The van der Waals surface area contributed by atoms with Gasteiger partial charge in [-0.25, -0.2) is 4.68 Å². The zero-order valence-corrected chi connectivity index (χ0v) is 17.1. The van der Waals surface area contributed by atoms with Crippen LogP contribution in [0.25, 0.3) is 11.3 Å². The minimum Gasteiger partial charge on any atom is -0.494 e. The molecule has 1 unspecified atom stereocenters. The summed E-state index contributed by atoms with van der Waals surface area (Å²) in [7, 11) is 0. The first-order valence-electron chi connectivity index (χ1n) is 9.60. The van der Waals surface area contributed by atoms with Crippen molar-refractivity contribution in [2.75, 3.05) is 11.9 Å². The van der Waals surface area contributed by atoms with E-state index in [2.05, 4.69) is 10.4 Å². The maximum Gasteiger partial charge on any atom is 0.267 e. The highest BCUT2D eigenvalue weighted by molar-refractivity contribution is 5.94. The fraction of sp³-hybridized carbons (Fsp3) is 0.261. The number of amides is 1. The van der Waals surface area contributed by atoms with Crippen LogP contribution in [-0.4, -0.2) is 22.3 Å². The van der Waals surface area contributed by atoms with Crippen LogP contribution in [0.1, 0.15) is 31.0 Å². The Morgan fingerprint density at radius 2 is 1.83 bits per heavy atom. The van der Waals surface area contributed by atoms with Crippen LogP contribution in [0, 0.1) is 13.8 Å². The van der Waals surface area contributed by atoms with Crippen molar-refractivity contribution in [1.82, 2.24) is 9.78 Å². The van der Waals surface area contributed by atoms with Crippen LogP contribution in [0.2, 0.25) is 0 Å². The van der Waals surface area contributed by atoms with Gasteiger partial charge < -0.3 is 10.1 Å². The molecule has 3 aromatic rings. The number of ether oxygens (including phenoxy) is 1. The second kappa shape index (κ2) is 8.73. The molecule has 1 atom stereocenters. The molecule has 1 aromatic heterocycles. The van der Waals surface area contributed by atoms with Gasteiger partial charge in [-0.15, -0.1) is 0 Å². The third kappa shape index (κ3) is 4.71. The first-order valence-corrected chi connectivity index (χ1v) is 9.60. The first-order chi connectivity index (χ1) is 13.9. The van der Waals surface area contributed by atoms with Crippen molar-refractivity contribution in [1.29, 1.82) is 0 Å². The fourth-order valence-electron chi connectivity index (χ4n) is 2.96. The Hall–Kier alpha value is -3.41. The zero-order valence-electron chi connectivity index (χ0n) is 17.1. The number of aryl methyl sites for hydroxylation is 2. The molecule has 1 N–H and O–H groups in total. The van der Waals surface area contributed by atoms with Crippen molar-refractivity contribution in [2.24, 2.45) is 0 Å². The van der Waals surface area contributed by atoms with Crippen molar-refractivity contribution in [3.05, 3.63) is 76.1 Å². The molecular formula is C23H25N3O3. The highest BCUT2D eigenvalue weighted by Gasteiger charge is 2.19. The molecule has 6 nitrogen and oxygen atoms in total. The molecule has 0 aliphatic rings. The number of anilines is 1. The van der Waals surface area contributed by atoms with Crippen molar-refractivity contribution in [3.8, 4) is 17.0 Å². The van der Waals surface area contributed by atoms with Crippen LogP contribution in [0.15, 0.2) is 59.4 Å². The van der Waals surface area contributed by atoms with Gasteiger partial charge in [0, 0.05) is 17.3 Å². The predicted octanol–water partition coefficient (Wildman–Crippen LogP) is 4.13. The van der Waals surface area contributed by atoms with E-state index in [9.17, 15) is 9.59 Å². The topological polar surface area (TPSA) is 73.2 Å². The molecule has 1 amide bonds. The number of aromatic nitrogens is 2. The molecular weight excluding hydrogens is 366 g/mol. The summed E-state index contributed by atoms with van der Waals surface area (Å²) in [5.74, 6) is 0.475. The Morgan fingerprint density at radius 3 is 2.52 bits per heavy atom. The van der Waals surface area contributed by atoms with Crippen LogP contribution in [0.3, 0.4) is 0 Å². The monoisotopic (exact) mass is 391 g/mol. The molecule has 0 saturated carbocycles. The van der Waals surface area contributed by atoms with E-state index in [0.29, 0.717) is 12.3 Å². The van der Waals surface area contributed by atoms with E-state index in [0.717, 1.165) is 28.1 Å². The maximum absolute atomic E-state index is 12.8. The standard InChI is InChI=1S/C23H25N3O3/c1-5-29-19-10-8-18(9-11-19)20-12-13-22(27)26(25-20)17(4)23(28)24-21-14-15(2)6-7-16(21)3/h6-14,17H,5H2,1-4H3,(H,24,28). The molecule has 0 saturated heterocycles. The lowest BCUT2D eigenvalue weighted by molar-refractivity contribution is -0.119. The SMILES string of the molecule is CCOc1ccc(-c2ccc(=O)n(C(C)C(=O)Nc3cc(C)ccc3C)n2)cc1. The highest BCUT2D eigenvalue weighted by Crippen LogP contribution is 2.21. The molecule has 0 aliphatic heterocycles. The van der Waals surface area contributed by atoms with E-state index in [4.69, 9.17) is 4.74 Å².